The summed E-state index contributed by atoms with van der Waals surface area (Å²) in [5.41, 5.74) is 1.91. The van der Waals surface area contributed by atoms with Crippen molar-refractivity contribution < 1.29 is 17.6 Å². The fraction of sp³-hybridized carbons (Fsp3) is 0.143. The Labute approximate surface area is 163 Å². The Hall–Kier alpha value is -3.42. The quantitative estimate of drug-likeness (QED) is 0.446. The molecule has 3 aromatic heterocycles. The number of aromatic nitrogens is 3. The normalized spacial score (nSPS) is 11.7. The van der Waals surface area contributed by atoms with E-state index in [1.165, 1.54) is 0 Å². The number of H-pyrrole nitrogens is 1. The minimum absolute atomic E-state index is 0.0722. The van der Waals surface area contributed by atoms with Crippen molar-refractivity contribution in [3.63, 3.8) is 0 Å². The van der Waals surface area contributed by atoms with Crippen LogP contribution in [0.3, 0.4) is 0 Å². The first kappa shape index (κ1) is 18.9. The van der Waals surface area contributed by atoms with Crippen LogP contribution in [0.25, 0.3) is 11.0 Å². The Morgan fingerprint density at radius 2 is 1.86 bits per heavy atom. The van der Waals surface area contributed by atoms with Crippen molar-refractivity contribution >= 4 is 16.9 Å². The summed E-state index contributed by atoms with van der Waals surface area (Å²) in [4.78, 5) is 11.6. The van der Waals surface area contributed by atoms with E-state index in [1.807, 2.05) is 24.4 Å². The van der Waals surface area contributed by atoms with Gasteiger partial charge in [-0.1, -0.05) is 6.07 Å². The van der Waals surface area contributed by atoms with E-state index in [4.69, 9.17) is 0 Å². The van der Waals surface area contributed by atoms with Crippen LogP contribution in [0.5, 0.6) is 0 Å². The molecule has 0 fully saturated rings. The number of nitrogens with zero attached hydrogens (tertiary/aromatic N) is 2. The first-order chi connectivity index (χ1) is 13.9. The van der Waals surface area contributed by atoms with E-state index >= 15 is 0 Å². The third kappa shape index (κ3) is 4.21. The number of alkyl halides is 3. The molecule has 0 saturated heterocycles. The molecule has 0 saturated carbocycles. The zero-order valence-corrected chi connectivity index (χ0v) is 15.1. The van der Waals surface area contributed by atoms with Gasteiger partial charge >= 0.3 is 6.18 Å². The van der Waals surface area contributed by atoms with Gasteiger partial charge in [-0.25, -0.2) is 14.4 Å². The molecule has 4 nitrogen and oxygen atoms in total. The Morgan fingerprint density at radius 1 is 1.00 bits per heavy atom. The number of halogens is 4. The number of nitrogens with one attached hydrogen (secondary N) is 2. The average molecular weight is 400 g/mol. The van der Waals surface area contributed by atoms with Gasteiger partial charge in [0.1, 0.15) is 17.3 Å². The van der Waals surface area contributed by atoms with E-state index in [9.17, 15) is 17.6 Å². The van der Waals surface area contributed by atoms with Gasteiger partial charge in [-0.2, -0.15) is 13.2 Å². The highest BCUT2D eigenvalue weighted by molar-refractivity contribution is 5.79. The van der Waals surface area contributed by atoms with Gasteiger partial charge in [0.2, 0.25) is 0 Å². The van der Waals surface area contributed by atoms with Crippen molar-refractivity contribution in [1.29, 1.82) is 0 Å². The zero-order chi connectivity index (χ0) is 20.4. The first-order valence-electron chi connectivity index (χ1n) is 8.85. The van der Waals surface area contributed by atoms with Gasteiger partial charge in [0.05, 0.1) is 5.56 Å². The van der Waals surface area contributed by atoms with Crippen LogP contribution in [0.15, 0.2) is 61.1 Å². The van der Waals surface area contributed by atoms with Crippen LogP contribution >= 0.6 is 0 Å². The number of anilines is 1. The van der Waals surface area contributed by atoms with Gasteiger partial charge in [-0.3, -0.25) is 0 Å². The largest absolute Gasteiger partial charge is 0.416 e. The molecule has 4 rings (SSSR count). The van der Waals surface area contributed by atoms with Crippen molar-refractivity contribution in [1.82, 2.24) is 15.0 Å². The number of fused-ring (bicyclic) bond motifs is 1. The summed E-state index contributed by atoms with van der Waals surface area (Å²) in [6, 6.07) is 9.81. The van der Waals surface area contributed by atoms with Gasteiger partial charge in [0, 0.05) is 42.5 Å². The summed E-state index contributed by atoms with van der Waals surface area (Å²) < 4.78 is 52.2. The van der Waals surface area contributed by atoms with Gasteiger partial charge in [0.25, 0.3) is 0 Å². The maximum atomic E-state index is 13.8. The highest BCUT2D eigenvalue weighted by Crippen LogP contribution is 2.30. The van der Waals surface area contributed by atoms with Crippen LogP contribution in [0.1, 0.15) is 22.3 Å². The second-order valence-corrected chi connectivity index (χ2v) is 6.60. The Bertz CT molecular complexity index is 1130. The highest BCUT2D eigenvalue weighted by Gasteiger charge is 2.31. The predicted octanol–water partition coefficient (Wildman–Crippen LogP) is 5.32. The smallest absolute Gasteiger partial charge is 0.366 e. The van der Waals surface area contributed by atoms with Crippen LogP contribution in [0.4, 0.5) is 23.4 Å². The molecule has 4 aromatic rings. The Kier molecular flexibility index (Phi) is 4.92. The molecule has 0 bridgehead atoms. The lowest BCUT2D eigenvalue weighted by atomic mass is 10.1. The lowest BCUT2D eigenvalue weighted by Gasteiger charge is -2.11. The van der Waals surface area contributed by atoms with Gasteiger partial charge in [0.15, 0.2) is 0 Å². The second kappa shape index (κ2) is 7.54. The fourth-order valence-corrected chi connectivity index (χ4v) is 3.08. The van der Waals surface area contributed by atoms with Crippen molar-refractivity contribution in [2.75, 3.05) is 5.32 Å². The van der Waals surface area contributed by atoms with Crippen molar-refractivity contribution in [3.8, 4) is 0 Å². The zero-order valence-electron chi connectivity index (χ0n) is 15.1. The number of hydrogen-bond acceptors (Lipinski definition) is 3. The molecule has 29 heavy (non-hydrogen) atoms. The maximum Gasteiger partial charge on any atom is 0.416 e. The van der Waals surface area contributed by atoms with Crippen molar-refractivity contribution in [2.24, 2.45) is 0 Å². The summed E-state index contributed by atoms with van der Waals surface area (Å²) in [7, 11) is 0. The molecule has 0 aliphatic rings. The molecule has 0 atom stereocenters. The topological polar surface area (TPSA) is 53.6 Å². The molecule has 0 spiro atoms. The molecule has 0 amide bonds. The van der Waals surface area contributed by atoms with E-state index in [2.05, 4.69) is 20.3 Å². The summed E-state index contributed by atoms with van der Waals surface area (Å²) >= 11 is 0. The maximum absolute atomic E-state index is 13.8. The number of hydrogen-bond donors (Lipinski definition) is 2. The molecule has 8 heteroatoms. The van der Waals surface area contributed by atoms with E-state index in [0.717, 1.165) is 40.4 Å². The molecule has 0 aliphatic carbocycles. The summed E-state index contributed by atoms with van der Waals surface area (Å²) in [6.45, 7) is -0.101. The Morgan fingerprint density at radius 3 is 2.62 bits per heavy atom. The van der Waals surface area contributed by atoms with Crippen LogP contribution in [0, 0.1) is 5.82 Å². The lowest BCUT2D eigenvalue weighted by molar-refractivity contribution is -0.137. The van der Waals surface area contributed by atoms with Gasteiger partial charge in [-0.15, -0.1) is 0 Å². The van der Waals surface area contributed by atoms with Crippen LogP contribution in [-0.4, -0.2) is 15.0 Å². The fourth-order valence-electron chi connectivity index (χ4n) is 3.08. The number of rotatable bonds is 5. The predicted molar refractivity (Wildman–Crippen MR) is 102 cm³/mol. The molecular weight excluding hydrogens is 384 g/mol. The van der Waals surface area contributed by atoms with Gasteiger partial charge < -0.3 is 10.3 Å². The summed E-state index contributed by atoms with van der Waals surface area (Å²) in [5, 5.41) is 3.90. The Balaban J connectivity index is 1.44. The van der Waals surface area contributed by atoms with E-state index in [-0.39, 0.29) is 12.1 Å². The first-order valence-corrected chi connectivity index (χ1v) is 8.85. The van der Waals surface area contributed by atoms with E-state index in [0.29, 0.717) is 12.2 Å². The SMILES string of the molecule is Fc1ccc(C(F)(F)F)cc1CNc1ccc(Cc2c[nH]c3ncccc23)cn1. The summed E-state index contributed by atoms with van der Waals surface area (Å²) in [5.74, 6) is -0.249. The van der Waals surface area contributed by atoms with Crippen molar-refractivity contribution in [2.45, 2.75) is 19.1 Å². The average Bonchev–Trinajstić information content (AvgIpc) is 3.10. The molecule has 3 heterocycles. The molecule has 0 radical (unpaired) electrons. The standard InChI is InChI=1S/C21H16F4N4/c22-18-5-4-16(21(23,24)25)9-15(18)12-28-19-6-3-13(10-27-19)8-14-11-29-20-17(14)2-1-7-26-20/h1-7,9-11H,8,12H2,(H,26,29)(H,27,28). The van der Waals surface area contributed by atoms with Crippen LogP contribution in [0.2, 0.25) is 0 Å². The third-order valence-corrected chi connectivity index (χ3v) is 4.59. The molecule has 148 valence electrons. The molecule has 0 unspecified atom stereocenters. The monoisotopic (exact) mass is 400 g/mol. The summed E-state index contributed by atoms with van der Waals surface area (Å²) in [6.07, 6.45) is 1.44. The van der Waals surface area contributed by atoms with Gasteiger partial charge in [-0.05, 0) is 47.5 Å². The minimum atomic E-state index is -4.51. The highest BCUT2D eigenvalue weighted by atomic mass is 19.4. The minimum Gasteiger partial charge on any atom is -0.366 e. The third-order valence-electron chi connectivity index (χ3n) is 4.59. The molecule has 2 N–H and O–H groups in total. The number of aromatic amines is 1. The number of benzene rings is 1. The van der Waals surface area contributed by atoms with E-state index in [1.54, 1.807) is 18.5 Å². The van der Waals surface area contributed by atoms with Crippen LogP contribution < -0.4 is 5.32 Å². The molecular formula is C21H16F4N4. The van der Waals surface area contributed by atoms with Crippen molar-refractivity contribution in [3.05, 3.63) is 89.1 Å². The number of pyridine rings is 2. The van der Waals surface area contributed by atoms with E-state index < -0.39 is 17.6 Å². The molecule has 0 aliphatic heterocycles. The van der Waals surface area contributed by atoms with Crippen LogP contribution in [-0.2, 0) is 19.1 Å². The lowest BCUT2D eigenvalue weighted by Crippen LogP contribution is -2.09. The molecule has 1 aromatic carbocycles. The second-order valence-electron chi connectivity index (χ2n) is 6.60.